The van der Waals surface area contributed by atoms with Crippen molar-refractivity contribution in [2.75, 3.05) is 6.61 Å². The number of alkyl carbamates (subject to hydrolysis) is 1. The maximum absolute atomic E-state index is 12.9. The maximum atomic E-state index is 12.9. The molecule has 0 radical (unpaired) electrons. The van der Waals surface area contributed by atoms with Crippen LogP contribution in [0.3, 0.4) is 0 Å². The van der Waals surface area contributed by atoms with Gasteiger partial charge in [-0.15, -0.1) is 0 Å². The highest BCUT2D eigenvalue weighted by atomic mass is 16.5. The normalized spacial score (nSPS) is 18.8. The van der Waals surface area contributed by atoms with E-state index in [0.29, 0.717) is 6.42 Å². The Morgan fingerprint density at radius 2 is 1.52 bits per heavy atom. The zero-order chi connectivity index (χ0) is 28.1. The van der Waals surface area contributed by atoms with Crippen LogP contribution in [0.25, 0.3) is 11.1 Å². The van der Waals surface area contributed by atoms with E-state index in [1.165, 1.54) is 0 Å². The quantitative estimate of drug-likeness (QED) is 0.323. The molecule has 3 N–H and O–H groups in total. The zero-order valence-electron chi connectivity index (χ0n) is 22.2. The highest BCUT2D eigenvalue weighted by molar-refractivity contribution is 5.87. The lowest BCUT2D eigenvalue weighted by molar-refractivity contribution is -0.147. The second kappa shape index (κ2) is 12.2. The molecule has 2 aliphatic carbocycles. The van der Waals surface area contributed by atoms with E-state index in [4.69, 9.17) is 9.47 Å². The molecule has 2 aliphatic rings. The van der Waals surface area contributed by atoms with Crippen molar-refractivity contribution >= 4 is 18.0 Å². The van der Waals surface area contributed by atoms with Gasteiger partial charge in [-0.05, 0) is 41.2 Å². The molecule has 0 aliphatic heterocycles. The highest BCUT2D eigenvalue weighted by Gasteiger charge is 2.33. The smallest absolute Gasteiger partial charge is 0.407 e. The minimum Gasteiger partial charge on any atom is -0.480 e. The van der Waals surface area contributed by atoms with Gasteiger partial charge in [0.15, 0.2) is 6.04 Å². The summed E-state index contributed by atoms with van der Waals surface area (Å²) in [6, 6.07) is 24.0. The summed E-state index contributed by atoms with van der Waals surface area (Å²) in [6.45, 7) is 2.05. The van der Waals surface area contributed by atoms with Crippen molar-refractivity contribution in [2.24, 2.45) is 5.92 Å². The van der Waals surface area contributed by atoms with Crippen molar-refractivity contribution in [1.29, 1.82) is 0 Å². The van der Waals surface area contributed by atoms with Crippen molar-refractivity contribution in [3.63, 3.8) is 0 Å². The molecule has 8 nitrogen and oxygen atoms in total. The van der Waals surface area contributed by atoms with Crippen LogP contribution in [-0.2, 0) is 25.7 Å². The fraction of sp³-hybridized carbons (Fsp3) is 0.281. The van der Waals surface area contributed by atoms with Gasteiger partial charge in [0.1, 0.15) is 6.61 Å². The van der Waals surface area contributed by atoms with Crippen LogP contribution in [0.1, 0.15) is 36.0 Å². The predicted molar refractivity (Wildman–Crippen MR) is 149 cm³/mol. The second-order valence-electron chi connectivity index (χ2n) is 10.1. The van der Waals surface area contributed by atoms with E-state index in [1.807, 2.05) is 54.6 Å². The van der Waals surface area contributed by atoms with E-state index in [1.54, 1.807) is 19.1 Å². The third-order valence-electron chi connectivity index (χ3n) is 7.46. The Balaban J connectivity index is 1.10. The molecule has 0 spiro atoms. The lowest BCUT2D eigenvalue weighted by Crippen LogP contribution is -2.50. The minimum absolute atomic E-state index is 0.0464. The molecule has 0 saturated carbocycles. The van der Waals surface area contributed by atoms with Crippen LogP contribution in [0, 0.1) is 5.92 Å². The number of aliphatic carboxylic acids is 1. The number of amides is 2. The summed E-state index contributed by atoms with van der Waals surface area (Å²) in [6.07, 6.45) is 2.40. The maximum Gasteiger partial charge on any atom is 0.407 e. The van der Waals surface area contributed by atoms with Crippen molar-refractivity contribution in [1.82, 2.24) is 10.6 Å². The van der Waals surface area contributed by atoms with Gasteiger partial charge in [0, 0.05) is 5.92 Å². The van der Waals surface area contributed by atoms with Gasteiger partial charge in [0.05, 0.1) is 24.7 Å². The predicted octanol–water partition coefficient (Wildman–Crippen LogP) is 4.64. The first-order valence-electron chi connectivity index (χ1n) is 13.4. The lowest BCUT2D eigenvalue weighted by Gasteiger charge is -2.23. The third kappa shape index (κ3) is 6.07. The summed E-state index contributed by atoms with van der Waals surface area (Å²) in [5, 5.41) is 15.1. The summed E-state index contributed by atoms with van der Waals surface area (Å²) in [5.74, 6) is -2.24. The molecule has 0 fully saturated rings. The molecule has 2 amide bonds. The van der Waals surface area contributed by atoms with Crippen LogP contribution in [0.5, 0.6) is 0 Å². The Morgan fingerprint density at radius 3 is 2.17 bits per heavy atom. The van der Waals surface area contributed by atoms with Crippen molar-refractivity contribution in [2.45, 2.75) is 44.1 Å². The van der Waals surface area contributed by atoms with Gasteiger partial charge in [-0.25, -0.2) is 9.59 Å². The average Bonchev–Trinajstić information content (AvgIpc) is 3.56. The van der Waals surface area contributed by atoms with E-state index in [-0.39, 0.29) is 19.1 Å². The number of rotatable bonds is 10. The van der Waals surface area contributed by atoms with E-state index in [9.17, 15) is 19.5 Å². The molecule has 40 heavy (non-hydrogen) atoms. The van der Waals surface area contributed by atoms with Gasteiger partial charge < -0.3 is 25.2 Å². The Kier molecular flexibility index (Phi) is 8.26. The fourth-order valence-electron chi connectivity index (χ4n) is 5.33. The molecule has 3 aromatic rings. The Labute approximate surface area is 233 Å². The Bertz CT molecular complexity index is 1360. The van der Waals surface area contributed by atoms with Crippen LogP contribution >= 0.6 is 0 Å². The number of ether oxygens (including phenoxy) is 2. The van der Waals surface area contributed by atoms with Crippen molar-refractivity contribution in [3.8, 4) is 11.1 Å². The molecule has 2 unspecified atom stereocenters. The number of hydrogen-bond acceptors (Lipinski definition) is 5. The molecule has 3 aromatic carbocycles. The van der Waals surface area contributed by atoms with Gasteiger partial charge in [-0.2, -0.15) is 0 Å². The van der Waals surface area contributed by atoms with Gasteiger partial charge in [0.2, 0.25) is 5.91 Å². The molecule has 0 bridgehead atoms. The van der Waals surface area contributed by atoms with E-state index >= 15 is 0 Å². The summed E-state index contributed by atoms with van der Waals surface area (Å²) in [7, 11) is 0. The van der Waals surface area contributed by atoms with Crippen LogP contribution in [0.2, 0.25) is 0 Å². The highest BCUT2D eigenvalue weighted by Crippen LogP contribution is 2.44. The van der Waals surface area contributed by atoms with E-state index in [0.717, 1.165) is 27.8 Å². The van der Waals surface area contributed by atoms with Crippen molar-refractivity contribution < 1.29 is 29.0 Å². The minimum atomic E-state index is -1.21. The largest absolute Gasteiger partial charge is 0.480 e. The van der Waals surface area contributed by atoms with Gasteiger partial charge in [0.25, 0.3) is 0 Å². The molecule has 8 heteroatoms. The standard InChI is InChI=1S/C32H32N2O6/c1-20(39-18-21-9-3-2-4-10-21)29(31(36)37)34-30(35)22-15-16-23(17-22)33-32(38)40-19-28-26-13-7-5-11-24(26)25-12-6-8-14-27(25)28/h2-16,20,22-23,28-29H,17-19H2,1H3,(H,33,38)(H,34,35)(H,36,37)/t20-,22?,23?,29+/m0/s1. The molecular formula is C32H32N2O6. The second-order valence-corrected chi connectivity index (χ2v) is 10.1. The van der Waals surface area contributed by atoms with Crippen LogP contribution < -0.4 is 10.6 Å². The molecule has 0 heterocycles. The van der Waals surface area contributed by atoms with Crippen LogP contribution in [0.4, 0.5) is 4.79 Å². The van der Waals surface area contributed by atoms with Gasteiger partial charge in [-0.1, -0.05) is 91.0 Å². The number of carbonyl (C=O) groups is 3. The Morgan fingerprint density at radius 1 is 0.900 bits per heavy atom. The Hall–Kier alpha value is -4.43. The van der Waals surface area contributed by atoms with E-state index < -0.39 is 42.1 Å². The van der Waals surface area contributed by atoms with Crippen LogP contribution in [-0.4, -0.2) is 47.9 Å². The number of carboxylic acids is 1. The average molecular weight is 541 g/mol. The number of carboxylic acid groups (broad SMARTS) is 1. The number of nitrogens with one attached hydrogen (secondary N) is 2. The van der Waals surface area contributed by atoms with Gasteiger partial charge in [-0.3, -0.25) is 4.79 Å². The summed E-state index contributed by atoms with van der Waals surface area (Å²) < 4.78 is 11.3. The number of benzene rings is 3. The number of carbonyl (C=O) groups excluding carboxylic acids is 2. The summed E-state index contributed by atoms with van der Waals surface area (Å²) in [5.41, 5.74) is 5.47. The summed E-state index contributed by atoms with van der Waals surface area (Å²) >= 11 is 0. The molecule has 5 rings (SSSR count). The molecule has 0 saturated heterocycles. The molecule has 206 valence electrons. The first-order chi connectivity index (χ1) is 19.4. The van der Waals surface area contributed by atoms with E-state index in [2.05, 4.69) is 34.9 Å². The fourth-order valence-corrected chi connectivity index (χ4v) is 5.33. The van der Waals surface area contributed by atoms with Gasteiger partial charge >= 0.3 is 12.1 Å². The first kappa shape index (κ1) is 27.1. The topological polar surface area (TPSA) is 114 Å². The van der Waals surface area contributed by atoms with Crippen LogP contribution in [0.15, 0.2) is 91.0 Å². The first-order valence-corrected chi connectivity index (χ1v) is 13.4. The number of fused-ring (bicyclic) bond motifs is 3. The molecular weight excluding hydrogens is 508 g/mol. The SMILES string of the molecule is C[C@H](OCc1ccccc1)[C@@H](NC(=O)C1C=CC(NC(=O)OCC2c3ccccc3-c3ccccc32)C1)C(=O)O. The van der Waals surface area contributed by atoms with Crippen molar-refractivity contribution in [3.05, 3.63) is 108 Å². The zero-order valence-corrected chi connectivity index (χ0v) is 22.2. The monoisotopic (exact) mass is 540 g/mol. The number of hydrogen-bond donors (Lipinski definition) is 3. The summed E-state index contributed by atoms with van der Waals surface area (Å²) in [4.78, 5) is 37.4. The third-order valence-corrected chi connectivity index (χ3v) is 7.46. The lowest BCUT2D eigenvalue weighted by atomic mass is 9.98. The molecule has 4 atom stereocenters. The molecule has 0 aromatic heterocycles.